The average Bonchev–Trinajstić information content (AvgIpc) is 3.21. The monoisotopic (exact) mass is 342 g/mol. The van der Waals surface area contributed by atoms with Gasteiger partial charge in [0.2, 0.25) is 0 Å². The van der Waals surface area contributed by atoms with Gasteiger partial charge in [-0.25, -0.2) is 0 Å². The zero-order valence-electron chi connectivity index (χ0n) is 15.7. The first-order chi connectivity index (χ1) is 12.1. The molecule has 0 bridgehead atoms. The minimum absolute atomic E-state index is 0.788. The molecule has 0 N–H and O–H groups in total. The normalized spacial score (nSPS) is 17.5. The van der Waals surface area contributed by atoms with Crippen molar-refractivity contribution in [1.82, 2.24) is 9.80 Å². The van der Waals surface area contributed by atoms with Crippen LogP contribution in [0, 0.1) is 12.8 Å². The second-order valence-corrected chi connectivity index (χ2v) is 7.43. The first-order valence-corrected chi connectivity index (χ1v) is 9.25. The van der Waals surface area contributed by atoms with Crippen LogP contribution in [-0.4, -0.2) is 43.0 Å². The maximum absolute atomic E-state index is 5.70. The van der Waals surface area contributed by atoms with Crippen molar-refractivity contribution in [3.63, 3.8) is 0 Å². The summed E-state index contributed by atoms with van der Waals surface area (Å²) in [4.78, 5) is 4.95. The molecular weight excluding hydrogens is 312 g/mol. The molecule has 1 aliphatic heterocycles. The first-order valence-electron chi connectivity index (χ1n) is 9.25. The number of rotatable bonds is 7. The van der Waals surface area contributed by atoms with E-state index in [-0.39, 0.29) is 0 Å². The Balaban J connectivity index is 1.39. The van der Waals surface area contributed by atoms with Gasteiger partial charge in [-0.15, -0.1) is 0 Å². The fraction of sp³-hybridized carbons (Fsp3) is 0.524. The minimum Gasteiger partial charge on any atom is -0.465 e. The Hall–Kier alpha value is -1.78. The van der Waals surface area contributed by atoms with Crippen molar-refractivity contribution >= 4 is 6.08 Å². The van der Waals surface area contributed by atoms with Gasteiger partial charge in [-0.1, -0.05) is 5.57 Å². The SMILES string of the molecule is C/C(=C\c1ccco1)CN(C)CC1CCN(Cc2ccc(C)o2)CC1. The molecule has 0 aromatic carbocycles. The van der Waals surface area contributed by atoms with E-state index in [0.717, 1.165) is 42.8 Å². The summed E-state index contributed by atoms with van der Waals surface area (Å²) >= 11 is 0. The van der Waals surface area contributed by atoms with Crippen LogP contribution < -0.4 is 0 Å². The summed E-state index contributed by atoms with van der Waals surface area (Å²) in [6.07, 6.45) is 6.39. The Morgan fingerprint density at radius 3 is 2.72 bits per heavy atom. The summed E-state index contributed by atoms with van der Waals surface area (Å²) in [6.45, 7) is 9.62. The summed E-state index contributed by atoms with van der Waals surface area (Å²) in [5.41, 5.74) is 1.34. The van der Waals surface area contributed by atoms with Crippen molar-refractivity contribution in [3.8, 4) is 0 Å². The van der Waals surface area contributed by atoms with Crippen LogP contribution in [0.3, 0.4) is 0 Å². The predicted molar refractivity (Wildman–Crippen MR) is 101 cm³/mol. The number of furan rings is 2. The molecule has 0 atom stereocenters. The zero-order valence-corrected chi connectivity index (χ0v) is 15.7. The van der Waals surface area contributed by atoms with E-state index in [2.05, 4.69) is 42.0 Å². The molecule has 2 aromatic heterocycles. The van der Waals surface area contributed by atoms with E-state index in [9.17, 15) is 0 Å². The predicted octanol–water partition coefficient (Wildman–Crippen LogP) is 4.43. The number of hydrogen-bond acceptors (Lipinski definition) is 4. The minimum atomic E-state index is 0.788. The molecule has 1 fully saturated rings. The van der Waals surface area contributed by atoms with Gasteiger partial charge in [-0.2, -0.15) is 0 Å². The van der Waals surface area contributed by atoms with E-state index in [1.54, 1.807) is 6.26 Å². The molecule has 2 aromatic rings. The van der Waals surface area contributed by atoms with Crippen molar-refractivity contribution in [2.45, 2.75) is 33.2 Å². The lowest BCUT2D eigenvalue weighted by Crippen LogP contribution is -2.37. The smallest absolute Gasteiger partial charge is 0.126 e. The summed E-state index contributed by atoms with van der Waals surface area (Å²) in [5.74, 6) is 3.82. The molecule has 1 aliphatic rings. The molecule has 3 heterocycles. The third-order valence-corrected chi connectivity index (χ3v) is 4.90. The third kappa shape index (κ3) is 5.62. The number of likely N-dealkylation sites (N-methyl/N-ethyl adjacent to an activating group) is 1. The molecule has 3 rings (SSSR count). The number of likely N-dealkylation sites (tertiary alicyclic amines) is 1. The fourth-order valence-electron chi connectivity index (χ4n) is 3.71. The molecule has 136 valence electrons. The third-order valence-electron chi connectivity index (χ3n) is 4.90. The molecule has 4 heteroatoms. The summed E-state index contributed by atoms with van der Waals surface area (Å²) < 4.78 is 11.1. The number of aryl methyl sites for hydroxylation is 1. The highest BCUT2D eigenvalue weighted by molar-refractivity contribution is 5.46. The van der Waals surface area contributed by atoms with E-state index < -0.39 is 0 Å². The fourth-order valence-corrected chi connectivity index (χ4v) is 3.71. The maximum atomic E-state index is 5.70. The Morgan fingerprint density at radius 1 is 1.28 bits per heavy atom. The Morgan fingerprint density at radius 2 is 2.08 bits per heavy atom. The average molecular weight is 342 g/mol. The van der Waals surface area contributed by atoms with Gasteiger partial charge in [0.15, 0.2) is 0 Å². The summed E-state index contributed by atoms with van der Waals surface area (Å²) in [5, 5.41) is 0. The highest BCUT2D eigenvalue weighted by Crippen LogP contribution is 2.21. The van der Waals surface area contributed by atoms with E-state index in [0.29, 0.717) is 0 Å². The second-order valence-electron chi connectivity index (χ2n) is 7.43. The van der Waals surface area contributed by atoms with E-state index in [1.807, 2.05) is 19.1 Å². The van der Waals surface area contributed by atoms with Crippen molar-refractivity contribution in [3.05, 3.63) is 53.4 Å². The van der Waals surface area contributed by atoms with Crippen LogP contribution in [0.2, 0.25) is 0 Å². The van der Waals surface area contributed by atoms with E-state index in [4.69, 9.17) is 8.83 Å². The van der Waals surface area contributed by atoms with Crippen LogP contribution in [0.4, 0.5) is 0 Å². The van der Waals surface area contributed by atoms with Crippen molar-refractivity contribution in [2.75, 3.05) is 33.2 Å². The molecule has 0 amide bonds. The quantitative estimate of drug-likeness (QED) is 0.745. The van der Waals surface area contributed by atoms with Crippen molar-refractivity contribution in [1.29, 1.82) is 0 Å². The molecule has 0 radical (unpaired) electrons. The maximum Gasteiger partial charge on any atom is 0.126 e. The van der Waals surface area contributed by atoms with Gasteiger partial charge in [0.25, 0.3) is 0 Å². The number of hydrogen-bond donors (Lipinski definition) is 0. The van der Waals surface area contributed by atoms with Crippen LogP contribution in [0.5, 0.6) is 0 Å². The highest BCUT2D eigenvalue weighted by Gasteiger charge is 2.21. The van der Waals surface area contributed by atoms with E-state index in [1.165, 1.54) is 31.5 Å². The number of piperidine rings is 1. The van der Waals surface area contributed by atoms with Gasteiger partial charge >= 0.3 is 0 Å². The summed E-state index contributed by atoms with van der Waals surface area (Å²) in [7, 11) is 2.22. The van der Waals surface area contributed by atoms with Gasteiger partial charge in [0, 0.05) is 13.1 Å². The zero-order chi connectivity index (χ0) is 17.6. The lowest BCUT2D eigenvalue weighted by molar-refractivity contribution is 0.144. The Labute approximate surface area is 151 Å². The van der Waals surface area contributed by atoms with Gasteiger partial charge in [-0.05, 0) is 83.1 Å². The number of nitrogens with zero attached hydrogens (tertiary/aromatic N) is 2. The molecule has 25 heavy (non-hydrogen) atoms. The molecule has 0 aliphatic carbocycles. The van der Waals surface area contributed by atoms with Crippen molar-refractivity contribution in [2.24, 2.45) is 5.92 Å². The van der Waals surface area contributed by atoms with Gasteiger partial charge in [-0.3, -0.25) is 4.90 Å². The van der Waals surface area contributed by atoms with Gasteiger partial charge < -0.3 is 13.7 Å². The lowest BCUT2D eigenvalue weighted by Gasteiger charge is -2.33. The summed E-state index contributed by atoms with van der Waals surface area (Å²) in [6, 6.07) is 8.08. The van der Waals surface area contributed by atoms with E-state index >= 15 is 0 Å². The highest BCUT2D eigenvalue weighted by atomic mass is 16.3. The standard InChI is InChI=1S/C21H30N2O2/c1-17(13-20-5-4-12-24-20)14-22(3)15-19-8-10-23(11-9-19)16-21-7-6-18(2)25-21/h4-7,12-13,19H,8-11,14-16H2,1-3H3/b17-13+. The largest absolute Gasteiger partial charge is 0.465 e. The Bertz CT molecular complexity index is 664. The molecular formula is C21H30N2O2. The van der Waals surface area contributed by atoms with Crippen molar-refractivity contribution < 1.29 is 8.83 Å². The van der Waals surface area contributed by atoms with Crippen LogP contribution >= 0.6 is 0 Å². The molecule has 4 nitrogen and oxygen atoms in total. The molecule has 0 unspecified atom stereocenters. The Kier molecular flexibility index (Phi) is 6.16. The molecule has 1 saturated heterocycles. The first kappa shape index (κ1) is 18.0. The topological polar surface area (TPSA) is 32.8 Å². The van der Waals surface area contributed by atoms with Gasteiger partial charge in [0.1, 0.15) is 17.3 Å². The van der Waals surface area contributed by atoms with Crippen LogP contribution in [-0.2, 0) is 6.54 Å². The van der Waals surface area contributed by atoms with Crippen LogP contribution in [0.25, 0.3) is 6.08 Å². The lowest BCUT2D eigenvalue weighted by atomic mass is 9.96. The van der Waals surface area contributed by atoms with Crippen LogP contribution in [0.15, 0.2) is 44.9 Å². The van der Waals surface area contributed by atoms with Gasteiger partial charge in [0.05, 0.1) is 12.8 Å². The molecule has 0 saturated carbocycles. The second kappa shape index (κ2) is 8.54. The van der Waals surface area contributed by atoms with Crippen LogP contribution in [0.1, 0.15) is 37.0 Å². The molecule has 0 spiro atoms.